The molecule has 0 atom stereocenters. The molecule has 1 aliphatic carbocycles. The van der Waals surface area contributed by atoms with Crippen LogP contribution in [0.2, 0.25) is 0 Å². The molecule has 2 heterocycles. The number of anilines is 2. The minimum atomic E-state index is -4.59. The Labute approximate surface area is 206 Å². The number of fused-ring (bicyclic) bond motifs is 1. The highest BCUT2D eigenvalue weighted by molar-refractivity contribution is 7.92. The molecular weight excluding hydrogens is 497 g/mol. The number of benzene rings is 1. The van der Waals surface area contributed by atoms with Crippen LogP contribution in [0.15, 0.2) is 35.2 Å². The average Bonchev–Trinajstić information content (AvgIpc) is 2.94. The summed E-state index contributed by atoms with van der Waals surface area (Å²) in [6, 6.07) is 7.07. The van der Waals surface area contributed by atoms with Crippen LogP contribution in [-0.2, 0) is 40.4 Å². The first-order valence-corrected chi connectivity index (χ1v) is 12.8. The lowest BCUT2D eigenvalue weighted by Crippen LogP contribution is -2.21. The van der Waals surface area contributed by atoms with E-state index < -0.39 is 27.8 Å². The third kappa shape index (κ3) is 5.83. The summed E-state index contributed by atoms with van der Waals surface area (Å²) in [7, 11) is -3.97. The van der Waals surface area contributed by atoms with Crippen molar-refractivity contribution < 1.29 is 26.4 Å². The lowest BCUT2D eigenvalue weighted by Gasteiger charge is -2.10. The van der Waals surface area contributed by atoms with Crippen molar-refractivity contribution >= 4 is 27.6 Å². The monoisotopic (exact) mass is 522 g/mol. The van der Waals surface area contributed by atoms with E-state index in [-0.39, 0.29) is 35.1 Å². The SMILES string of the molecule is Cc1cc(C)nc(NS(=O)(=O)c2ccc(NC(=O)Cn3nc(C(F)(F)F)c4c3CCCCC4)cc2)n1. The van der Waals surface area contributed by atoms with Crippen LogP contribution in [0.3, 0.4) is 0 Å². The number of amides is 1. The van der Waals surface area contributed by atoms with Crippen molar-refractivity contribution in [3.05, 3.63) is 58.7 Å². The maximum atomic E-state index is 13.5. The number of alkyl halides is 3. The number of sulfonamides is 1. The number of aromatic nitrogens is 4. The van der Waals surface area contributed by atoms with Crippen LogP contribution in [0.25, 0.3) is 0 Å². The Balaban J connectivity index is 1.46. The maximum Gasteiger partial charge on any atom is 0.435 e. The average molecular weight is 523 g/mol. The molecule has 36 heavy (non-hydrogen) atoms. The van der Waals surface area contributed by atoms with Gasteiger partial charge in [0.15, 0.2) is 5.69 Å². The zero-order valence-electron chi connectivity index (χ0n) is 19.7. The quantitative estimate of drug-likeness (QED) is 0.472. The van der Waals surface area contributed by atoms with Crippen LogP contribution in [0.4, 0.5) is 24.8 Å². The zero-order valence-corrected chi connectivity index (χ0v) is 20.5. The molecule has 4 rings (SSSR count). The fraction of sp³-hybridized carbons (Fsp3) is 0.391. The topological polar surface area (TPSA) is 119 Å². The number of rotatable bonds is 6. The summed E-state index contributed by atoms with van der Waals surface area (Å²) in [6.07, 6.45) is -1.69. The van der Waals surface area contributed by atoms with Crippen molar-refractivity contribution in [1.82, 2.24) is 19.7 Å². The maximum absolute atomic E-state index is 13.5. The molecule has 0 saturated carbocycles. The van der Waals surface area contributed by atoms with Gasteiger partial charge in [-0.15, -0.1) is 0 Å². The van der Waals surface area contributed by atoms with Crippen molar-refractivity contribution in [3.8, 4) is 0 Å². The van der Waals surface area contributed by atoms with Gasteiger partial charge < -0.3 is 5.32 Å². The van der Waals surface area contributed by atoms with Crippen LogP contribution in [0, 0.1) is 13.8 Å². The Hall–Kier alpha value is -3.48. The highest BCUT2D eigenvalue weighted by atomic mass is 32.2. The summed E-state index contributed by atoms with van der Waals surface area (Å²) >= 11 is 0. The second kappa shape index (κ2) is 9.88. The fourth-order valence-corrected chi connectivity index (χ4v) is 5.15. The predicted octanol–water partition coefficient (Wildman–Crippen LogP) is 4.02. The molecule has 3 aromatic rings. The lowest BCUT2D eigenvalue weighted by atomic mass is 10.1. The first kappa shape index (κ1) is 25.6. The number of hydrogen-bond acceptors (Lipinski definition) is 6. The molecule has 192 valence electrons. The molecule has 13 heteroatoms. The minimum Gasteiger partial charge on any atom is -0.324 e. The van der Waals surface area contributed by atoms with Gasteiger partial charge in [-0.2, -0.15) is 18.3 Å². The van der Waals surface area contributed by atoms with Gasteiger partial charge in [0.05, 0.1) is 4.90 Å². The summed E-state index contributed by atoms with van der Waals surface area (Å²) < 4.78 is 69.2. The number of carbonyl (C=O) groups excluding carboxylic acids is 1. The molecule has 0 fully saturated rings. The van der Waals surface area contributed by atoms with E-state index in [0.29, 0.717) is 29.9 Å². The van der Waals surface area contributed by atoms with E-state index in [1.54, 1.807) is 19.9 Å². The molecule has 1 amide bonds. The summed E-state index contributed by atoms with van der Waals surface area (Å²) in [6.45, 7) is 3.05. The molecule has 0 unspecified atom stereocenters. The Morgan fingerprint density at radius 2 is 1.67 bits per heavy atom. The highest BCUT2D eigenvalue weighted by Gasteiger charge is 2.39. The van der Waals surface area contributed by atoms with Gasteiger partial charge >= 0.3 is 6.18 Å². The smallest absolute Gasteiger partial charge is 0.324 e. The normalized spacial score (nSPS) is 14.1. The number of nitrogens with zero attached hydrogens (tertiary/aromatic N) is 4. The molecule has 0 bridgehead atoms. The van der Waals surface area contributed by atoms with Crippen LogP contribution < -0.4 is 10.0 Å². The van der Waals surface area contributed by atoms with E-state index in [4.69, 9.17) is 0 Å². The molecule has 2 N–H and O–H groups in total. The van der Waals surface area contributed by atoms with Gasteiger partial charge in [-0.3, -0.25) is 9.48 Å². The summed E-state index contributed by atoms with van der Waals surface area (Å²) in [5.41, 5.74) is 1.18. The Morgan fingerprint density at radius 1 is 1.03 bits per heavy atom. The van der Waals surface area contributed by atoms with Gasteiger partial charge in [0.2, 0.25) is 11.9 Å². The van der Waals surface area contributed by atoms with Crippen molar-refractivity contribution in [2.45, 2.75) is 63.6 Å². The van der Waals surface area contributed by atoms with Gasteiger partial charge in [-0.05, 0) is 69.9 Å². The summed E-state index contributed by atoms with van der Waals surface area (Å²) in [5.74, 6) is -0.628. The lowest BCUT2D eigenvalue weighted by molar-refractivity contribution is -0.142. The Bertz CT molecular complexity index is 1370. The molecule has 0 radical (unpaired) electrons. The van der Waals surface area contributed by atoms with Crippen molar-refractivity contribution in [2.24, 2.45) is 0 Å². The molecular formula is C23H25F3N6O3S. The number of halogens is 3. The number of aryl methyl sites for hydroxylation is 2. The largest absolute Gasteiger partial charge is 0.435 e. The number of carbonyl (C=O) groups is 1. The second-order valence-corrected chi connectivity index (χ2v) is 10.3. The van der Waals surface area contributed by atoms with Crippen molar-refractivity contribution in [1.29, 1.82) is 0 Å². The van der Waals surface area contributed by atoms with E-state index >= 15 is 0 Å². The second-order valence-electron chi connectivity index (χ2n) is 8.64. The standard InChI is InChI=1S/C23H25F3N6O3S/c1-14-12-15(2)28-22(27-14)31-36(34,35)17-10-8-16(9-11-17)29-20(33)13-32-19-7-5-3-4-6-18(19)21(30-32)23(24,25)26/h8-12H,3-7,13H2,1-2H3,(H,29,33)(H,27,28,31). The number of hydrogen-bond donors (Lipinski definition) is 2. The van der Waals surface area contributed by atoms with Crippen LogP contribution in [0.5, 0.6) is 0 Å². The number of nitrogens with one attached hydrogen (secondary N) is 2. The molecule has 0 aliphatic heterocycles. The third-order valence-corrected chi connectivity index (χ3v) is 7.07. The Morgan fingerprint density at radius 3 is 2.31 bits per heavy atom. The van der Waals surface area contributed by atoms with E-state index in [2.05, 4.69) is 25.1 Å². The van der Waals surface area contributed by atoms with Crippen LogP contribution in [0.1, 0.15) is 47.6 Å². The van der Waals surface area contributed by atoms with E-state index in [9.17, 15) is 26.4 Å². The van der Waals surface area contributed by atoms with E-state index in [1.807, 2.05) is 0 Å². The molecule has 9 nitrogen and oxygen atoms in total. The van der Waals surface area contributed by atoms with Crippen LogP contribution in [-0.4, -0.2) is 34.1 Å². The fourth-order valence-electron chi connectivity index (χ4n) is 4.21. The van der Waals surface area contributed by atoms with E-state index in [0.717, 1.165) is 17.5 Å². The zero-order chi connectivity index (χ0) is 26.1. The molecule has 1 aromatic carbocycles. The van der Waals surface area contributed by atoms with Gasteiger partial charge in [0, 0.05) is 28.3 Å². The first-order valence-electron chi connectivity index (χ1n) is 11.3. The minimum absolute atomic E-state index is 0.0542. The molecule has 0 saturated heterocycles. The third-order valence-electron chi connectivity index (χ3n) is 5.73. The predicted molar refractivity (Wildman–Crippen MR) is 126 cm³/mol. The summed E-state index contributed by atoms with van der Waals surface area (Å²) in [5, 5.41) is 6.30. The van der Waals surface area contributed by atoms with Crippen LogP contribution >= 0.6 is 0 Å². The van der Waals surface area contributed by atoms with E-state index in [1.165, 1.54) is 24.3 Å². The van der Waals surface area contributed by atoms with Gasteiger partial charge in [0.25, 0.3) is 10.0 Å². The molecule has 1 aliphatic rings. The van der Waals surface area contributed by atoms with Crippen molar-refractivity contribution in [3.63, 3.8) is 0 Å². The van der Waals surface area contributed by atoms with Gasteiger partial charge in [-0.25, -0.2) is 23.1 Å². The highest BCUT2D eigenvalue weighted by Crippen LogP contribution is 2.35. The van der Waals surface area contributed by atoms with Gasteiger partial charge in [-0.1, -0.05) is 6.42 Å². The first-order chi connectivity index (χ1) is 16.9. The van der Waals surface area contributed by atoms with Crippen molar-refractivity contribution in [2.75, 3.05) is 10.0 Å². The Kier molecular flexibility index (Phi) is 7.03. The summed E-state index contributed by atoms with van der Waals surface area (Å²) in [4.78, 5) is 20.6. The van der Waals surface area contributed by atoms with Gasteiger partial charge in [0.1, 0.15) is 6.54 Å². The molecule has 0 spiro atoms. The molecule has 2 aromatic heterocycles.